The quantitative estimate of drug-likeness (QED) is 0.348. The first-order valence-electron chi connectivity index (χ1n) is 1.12. The van der Waals surface area contributed by atoms with E-state index < -0.39 is 0 Å². The minimum atomic E-state index is 0. The van der Waals surface area contributed by atoms with E-state index in [1.54, 1.807) is 0 Å². The van der Waals surface area contributed by atoms with Gasteiger partial charge in [0, 0.05) is 0 Å². The van der Waals surface area contributed by atoms with Crippen molar-refractivity contribution in [3.8, 4) is 0 Å². The first-order chi connectivity index (χ1) is 1.41. The summed E-state index contributed by atoms with van der Waals surface area (Å²) in [5.41, 5.74) is 4.85. The summed E-state index contributed by atoms with van der Waals surface area (Å²) in [6.07, 6.45) is 0. The summed E-state index contributed by atoms with van der Waals surface area (Å²) in [5.74, 6) is 0. The van der Waals surface area contributed by atoms with Gasteiger partial charge < -0.3 is 24.2 Å². The Kier molecular flexibility index (Phi) is 681. The third-order valence-corrected chi connectivity index (χ3v) is 0. The van der Waals surface area contributed by atoms with Gasteiger partial charge >= 0.3 is 0 Å². The fourth-order valence-electron chi connectivity index (χ4n) is 0. The molecule has 0 atom stereocenters. The van der Waals surface area contributed by atoms with E-state index in [-0.39, 0.29) is 18.5 Å². The second kappa shape index (κ2) is 101. The van der Waals surface area contributed by atoms with Crippen molar-refractivity contribution in [3.63, 3.8) is 0 Å². The van der Waals surface area contributed by atoms with Crippen molar-refractivity contribution in [2.24, 2.45) is 5.73 Å². The molecule has 0 aliphatic carbocycles. The molecular weight excluding hydrogens is 80.0 g/mol. The summed E-state index contributed by atoms with van der Waals surface area (Å²) in [6.45, 7) is 2.65. The maximum absolute atomic E-state index is 4.85. The van der Waals surface area contributed by atoms with Gasteiger partial charge in [-0.3, -0.25) is 0 Å². The number of nitrogens with two attached hydrogens (primary N) is 1. The zero-order valence-corrected chi connectivity index (χ0v) is 4.41. The standard InChI is InChI=1S/C2H7N.3H3N/c1-2-3;;;/h2-3H2,1H3;3*1H3. The van der Waals surface area contributed by atoms with Crippen LogP contribution in [0.3, 0.4) is 0 Å². The molecule has 0 aromatic rings. The lowest BCUT2D eigenvalue weighted by atomic mass is 10.8. The molecule has 0 saturated heterocycles. The Morgan fingerprint density at radius 1 is 1.17 bits per heavy atom. The second-order valence-corrected chi connectivity index (χ2v) is 0.408. The average Bonchev–Trinajstić information content (AvgIpc) is 0.918. The van der Waals surface area contributed by atoms with Crippen LogP contribution >= 0.6 is 0 Å². The largest absolute Gasteiger partial charge is 0.344 e. The van der Waals surface area contributed by atoms with Crippen molar-refractivity contribution in [2.45, 2.75) is 6.92 Å². The van der Waals surface area contributed by atoms with E-state index in [2.05, 4.69) is 0 Å². The minimum Gasteiger partial charge on any atom is -0.344 e. The zero-order chi connectivity index (χ0) is 2.71. The highest BCUT2D eigenvalue weighted by Crippen LogP contribution is 1.20. The average molecular weight is 96.2 g/mol. The fraction of sp³-hybridized carbons (Fsp3) is 1.00. The summed E-state index contributed by atoms with van der Waals surface area (Å²) in [7, 11) is 0. The van der Waals surface area contributed by atoms with Gasteiger partial charge in [-0.05, 0) is 6.54 Å². The van der Waals surface area contributed by atoms with Crippen molar-refractivity contribution < 1.29 is 0 Å². The summed E-state index contributed by atoms with van der Waals surface area (Å²) >= 11 is 0. The molecule has 4 nitrogen and oxygen atoms in total. The monoisotopic (exact) mass is 96.1 g/mol. The van der Waals surface area contributed by atoms with Crippen LogP contribution < -0.4 is 24.2 Å². The summed E-state index contributed by atoms with van der Waals surface area (Å²) < 4.78 is 0. The molecule has 44 valence electrons. The normalized spacial score (nSPS) is 3.00. The van der Waals surface area contributed by atoms with Gasteiger partial charge in [-0.15, -0.1) is 0 Å². The molecule has 0 rings (SSSR count). The topological polar surface area (TPSA) is 131 Å². The molecule has 11 N–H and O–H groups in total. The van der Waals surface area contributed by atoms with Crippen LogP contribution in [-0.2, 0) is 0 Å². The van der Waals surface area contributed by atoms with Crippen LogP contribution in [0.25, 0.3) is 0 Å². The van der Waals surface area contributed by atoms with Crippen LogP contribution in [0.2, 0.25) is 0 Å². The van der Waals surface area contributed by atoms with Gasteiger partial charge in [-0.25, -0.2) is 0 Å². The van der Waals surface area contributed by atoms with Gasteiger partial charge in [0.1, 0.15) is 0 Å². The minimum absolute atomic E-state index is 0. The molecule has 0 radical (unpaired) electrons. The van der Waals surface area contributed by atoms with Crippen LogP contribution in [0.1, 0.15) is 6.92 Å². The maximum atomic E-state index is 4.85. The lowest BCUT2D eigenvalue weighted by Crippen LogP contribution is -1.87. The number of rotatable bonds is 0. The zero-order valence-electron chi connectivity index (χ0n) is 4.41. The van der Waals surface area contributed by atoms with Gasteiger partial charge in [-0.1, -0.05) is 6.92 Å². The third-order valence-electron chi connectivity index (χ3n) is 0. The van der Waals surface area contributed by atoms with Gasteiger partial charge in [0.15, 0.2) is 0 Å². The molecule has 0 amide bonds. The molecule has 0 spiro atoms. The van der Waals surface area contributed by atoms with Crippen molar-refractivity contribution in [3.05, 3.63) is 0 Å². The van der Waals surface area contributed by atoms with Gasteiger partial charge in [0.05, 0.1) is 0 Å². The number of hydrogen-bond acceptors (Lipinski definition) is 4. The molecule has 0 aromatic carbocycles. The summed E-state index contributed by atoms with van der Waals surface area (Å²) in [6, 6.07) is 0. The van der Waals surface area contributed by atoms with E-state index >= 15 is 0 Å². The molecule has 0 fully saturated rings. The Balaban J connectivity index is -0.00000000667. The molecule has 0 bridgehead atoms. The molecule has 0 aromatic heterocycles. The molecule has 0 unspecified atom stereocenters. The summed E-state index contributed by atoms with van der Waals surface area (Å²) in [4.78, 5) is 0. The Labute approximate surface area is 38.9 Å². The smallest absolute Gasteiger partial charge is 0.0106 e. The van der Waals surface area contributed by atoms with Gasteiger partial charge in [0.25, 0.3) is 0 Å². The highest BCUT2D eigenvalue weighted by molar-refractivity contribution is 4.00. The highest BCUT2D eigenvalue weighted by Gasteiger charge is 1.32. The molecule has 0 aliphatic rings. The molecule has 6 heavy (non-hydrogen) atoms. The molecular formula is C2H16N4. The van der Waals surface area contributed by atoms with Crippen molar-refractivity contribution >= 4 is 0 Å². The van der Waals surface area contributed by atoms with Crippen LogP contribution in [-0.4, -0.2) is 6.54 Å². The third kappa shape index (κ3) is 1210. The van der Waals surface area contributed by atoms with Crippen LogP contribution in [0.15, 0.2) is 0 Å². The lowest BCUT2D eigenvalue weighted by Gasteiger charge is -1.53. The van der Waals surface area contributed by atoms with Crippen molar-refractivity contribution in [1.29, 1.82) is 0 Å². The second-order valence-electron chi connectivity index (χ2n) is 0.408. The van der Waals surface area contributed by atoms with E-state index in [4.69, 9.17) is 5.73 Å². The Hall–Kier alpha value is -0.160. The van der Waals surface area contributed by atoms with E-state index in [0.29, 0.717) is 0 Å². The first kappa shape index (κ1) is 40.4. The van der Waals surface area contributed by atoms with E-state index in [0.717, 1.165) is 6.54 Å². The van der Waals surface area contributed by atoms with Crippen LogP contribution in [0.5, 0.6) is 0 Å². The first-order valence-corrected chi connectivity index (χ1v) is 1.12. The maximum Gasteiger partial charge on any atom is -0.0106 e. The molecule has 4 heteroatoms. The van der Waals surface area contributed by atoms with Crippen molar-refractivity contribution in [1.82, 2.24) is 18.5 Å². The van der Waals surface area contributed by atoms with Gasteiger partial charge in [-0.2, -0.15) is 0 Å². The fourth-order valence-corrected chi connectivity index (χ4v) is 0. The lowest BCUT2D eigenvalue weighted by molar-refractivity contribution is 1.14. The Bertz CT molecular complexity index is 5.51. The highest BCUT2D eigenvalue weighted by atomic mass is 14.5. The predicted molar refractivity (Wildman–Crippen MR) is 29.8 cm³/mol. The Morgan fingerprint density at radius 3 is 1.17 bits per heavy atom. The SMILES string of the molecule is CCN.N.N.N. The van der Waals surface area contributed by atoms with Gasteiger partial charge in [0.2, 0.25) is 0 Å². The van der Waals surface area contributed by atoms with Crippen molar-refractivity contribution in [2.75, 3.05) is 6.54 Å². The summed E-state index contributed by atoms with van der Waals surface area (Å²) in [5, 5.41) is 0. The van der Waals surface area contributed by atoms with E-state index in [1.807, 2.05) is 6.92 Å². The molecule has 0 saturated carbocycles. The van der Waals surface area contributed by atoms with E-state index in [9.17, 15) is 0 Å². The molecule has 0 heterocycles. The Morgan fingerprint density at radius 2 is 1.17 bits per heavy atom. The number of hydrogen-bond donors (Lipinski definition) is 4. The van der Waals surface area contributed by atoms with Crippen LogP contribution in [0.4, 0.5) is 0 Å². The van der Waals surface area contributed by atoms with E-state index in [1.165, 1.54) is 0 Å². The predicted octanol–water partition coefficient (Wildman–Crippen LogP) is 0.451. The molecule has 0 aliphatic heterocycles. The van der Waals surface area contributed by atoms with Crippen LogP contribution in [0, 0.1) is 0 Å².